The Balaban J connectivity index is 2.18. The van der Waals surface area contributed by atoms with Crippen molar-refractivity contribution in [2.75, 3.05) is 0 Å². The van der Waals surface area contributed by atoms with E-state index in [4.69, 9.17) is 4.42 Å². The number of aromatic nitrogens is 4. The summed E-state index contributed by atoms with van der Waals surface area (Å²) in [5, 5.41) is 7.08. The van der Waals surface area contributed by atoms with Crippen LogP contribution >= 0.6 is 0 Å². The van der Waals surface area contributed by atoms with Gasteiger partial charge in [0.05, 0.1) is 11.7 Å². The van der Waals surface area contributed by atoms with Gasteiger partial charge in [0.25, 0.3) is 5.91 Å². The van der Waals surface area contributed by atoms with E-state index in [1.165, 1.54) is 6.33 Å². The molecule has 0 radical (unpaired) electrons. The molecular formula is C14H21N5O2. The largest absolute Gasteiger partial charge is 0.435 e. The number of aryl methyl sites for hydroxylation is 3. The van der Waals surface area contributed by atoms with Crippen molar-refractivity contribution in [1.82, 2.24) is 25.1 Å². The summed E-state index contributed by atoms with van der Waals surface area (Å²) < 4.78 is 7.26. The summed E-state index contributed by atoms with van der Waals surface area (Å²) >= 11 is 0. The molecule has 2 aromatic rings. The maximum atomic E-state index is 12.4. The molecular weight excluding hydrogens is 270 g/mol. The highest BCUT2D eigenvalue weighted by atomic mass is 16.4. The molecule has 0 aliphatic heterocycles. The average molecular weight is 291 g/mol. The standard InChI is InChI=1S/C14H21N5O2/c1-5-10(13-15-8-16-19(13)7-3)18-14(20)12-9(4)17-11(6-2)21-12/h8,10H,5-7H2,1-4H3,(H,18,20)/t10-/m0/s1. The Labute approximate surface area is 123 Å². The van der Waals surface area contributed by atoms with Crippen LogP contribution in [0.1, 0.15) is 61.2 Å². The van der Waals surface area contributed by atoms with E-state index < -0.39 is 0 Å². The number of carbonyl (C=O) groups excluding carboxylic acids is 1. The first kappa shape index (κ1) is 15.2. The second kappa shape index (κ2) is 6.51. The lowest BCUT2D eigenvalue weighted by Crippen LogP contribution is -2.30. The van der Waals surface area contributed by atoms with Crippen LogP contribution in [0.3, 0.4) is 0 Å². The van der Waals surface area contributed by atoms with Gasteiger partial charge in [-0.25, -0.2) is 14.6 Å². The highest BCUT2D eigenvalue weighted by Crippen LogP contribution is 2.16. The van der Waals surface area contributed by atoms with Gasteiger partial charge < -0.3 is 9.73 Å². The molecule has 0 bridgehead atoms. The van der Waals surface area contributed by atoms with Crippen LogP contribution in [0.2, 0.25) is 0 Å². The minimum absolute atomic E-state index is 0.200. The Morgan fingerprint density at radius 1 is 1.43 bits per heavy atom. The Bertz CT molecular complexity index is 617. The summed E-state index contributed by atoms with van der Waals surface area (Å²) in [6, 6.07) is -0.200. The van der Waals surface area contributed by atoms with E-state index in [-0.39, 0.29) is 17.7 Å². The molecule has 0 aromatic carbocycles. The monoisotopic (exact) mass is 291 g/mol. The SMILES string of the molecule is CCc1nc(C)c(C(=O)N[C@@H](CC)c2ncnn2CC)o1. The topological polar surface area (TPSA) is 85.8 Å². The first-order chi connectivity index (χ1) is 10.1. The van der Waals surface area contributed by atoms with Crippen molar-refractivity contribution >= 4 is 5.91 Å². The number of nitrogens with zero attached hydrogens (tertiary/aromatic N) is 4. The third-order valence-corrected chi connectivity index (χ3v) is 3.32. The normalized spacial score (nSPS) is 12.4. The van der Waals surface area contributed by atoms with E-state index in [0.717, 1.165) is 12.2 Å². The van der Waals surface area contributed by atoms with Crippen LogP contribution in [0.5, 0.6) is 0 Å². The zero-order chi connectivity index (χ0) is 15.4. The summed E-state index contributed by atoms with van der Waals surface area (Å²) in [7, 11) is 0. The number of hydrogen-bond donors (Lipinski definition) is 1. The van der Waals surface area contributed by atoms with Crippen molar-refractivity contribution in [2.24, 2.45) is 0 Å². The fourth-order valence-corrected chi connectivity index (χ4v) is 2.17. The number of nitrogens with one attached hydrogen (secondary N) is 1. The van der Waals surface area contributed by atoms with Gasteiger partial charge in [0.1, 0.15) is 12.2 Å². The smallest absolute Gasteiger partial charge is 0.289 e. The van der Waals surface area contributed by atoms with Gasteiger partial charge in [0.15, 0.2) is 5.89 Å². The molecule has 0 saturated carbocycles. The predicted octanol–water partition coefficient (Wildman–Crippen LogP) is 2.04. The zero-order valence-electron chi connectivity index (χ0n) is 12.9. The van der Waals surface area contributed by atoms with Crippen molar-refractivity contribution in [1.29, 1.82) is 0 Å². The van der Waals surface area contributed by atoms with Crippen LogP contribution in [-0.4, -0.2) is 25.7 Å². The fraction of sp³-hybridized carbons (Fsp3) is 0.571. The molecule has 1 atom stereocenters. The van der Waals surface area contributed by atoms with Gasteiger partial charge in [-0.2, -0.15) is 5.10 Å². The molecule has 0 spiro atoms. The first-order valence-electron chi connectivity index (χ1n) is 7.25. The van der Waals surface area contributed by atoms with Crippen LogP contribution in [0, 0.1) is 6.92 Å². The molecule has 2 heterocycles. The van der Waals surface area contributed by atoms with Crippen molar-refractivity contribution in [3.05, 3.63) is 29.5 Å². The van der Waals surface area contributed by atoms with Gasteiger partial charge >= 0.3 is 0 Å². The lowest BCUT2D eigenvalue weighted by Gasteiger charge is -2.16. The quantitative estimate of drug-likeness (QED) is 0.880. The molecule has 0 aliphatic rings. The van der Waals surface area contributed by atoms with Crippen LogP contribution < -0.4 is 5.32 Å². The highest BCUT2D eigenvalue weighted by molar-refractivity contribution is 5.92. The molecule has 21 heavy (non-hydrogen) atoms. The maximum Gasteiger partial charge on any atom is 0.289 e. The Hall–Kier alpha value is -2.18. The number of hydrogen-bond acceptors (Lipinski definition) is 5. The molecule has 7 nitrogen and oxygen atoms in total. The van der Waals surface area contributed by atoms with Gasteiger partial charge in [0.2, 0.25) is 5.76 Å². The fourth-order valence-electron chi connectivity index (χ4n) is 2.17. The van der Waals surface area contributed by atoms with Crippen molar-refractivity contribution < 1.29 is 9.21 Å². The second-order valence-corrected chi connectivity index (χ2v) is 4.74. The number of oxazole rings is 1. The molecule has 1 N–H and O–H groups in total. The van der Waals surface area contributed by atoms with E-state index in [1.54, 1.807) is 11.6 Å². The second-order valence-electron chi connectivity index (χ2n) is 4.74. The van der Waals surface area contributed by atoms with E-state index in [9.17, 15) is 4.79 Å². The number of rotatable bonds is 6. The van der Waals surface area contributed by atoms with Crippen LogP contribution in [0.25, 0.3) is 0 Å². The number of amides is 1. The Morgan fingerprint density at radius 2 is 2.19 bits per heavy atom. The van der Waals surface area contributed by atoms with Crippen molar-refractivity contribution in [3.63, 3.8) is 0 Å². The first-order valence-corrected chi connectivity index (χ1v) is 7.25. The minimum atomic E-state index is -0.266. The third-order valence-electron chi connectivity index (χ3n) is 3.32. The molecule has 2 aromatic heterocycles. The van der Waals surface area contributed by atoms with E-state index in [0.29, 0.717) is 24.6 Å². The van der Waals surface area contributed by atoms with Crippen LogP contribution in [0.4, 0.5) is 0 Å². The summed E-state index contributed by atoms with van der Waals surface area (Å²) in [4.78, 5) is 20.8. The summed E-state index contributed by atoms with van der Waals surface area (Å²) in [5.41, 5.74) is 0.608. The Morgan fingerprint density at radius 3 is 2.76 bits per heavy atom. The average Bonchev–Trinajstić information content (AvgIpc) is 3.10. The molecule has 0 aliphatic carbocycles. The van der Waals surface area contributed by atoms with Gasteiger partial charge in [0, 0.05) is 13.0 Å². The molecule has 0 saturated heterocycles. The lowest BCUT2D eigenvalue weighted by molar-refractivity contribution is 0.0902. The third kappa shape index (κ3) is 3.12. The highest BCUT2D eigenvalue weighted by Gasteiger charge is 2.23. The molecule has 0 fully saturated rings. The maximum absolute atomic E-state index is 12.4. The molecule has 0 unspecified atom stereocenters. The van der Waals surface area contributed by atoms with E-state index in [2.05, 4.69) is 20.4 Å². The molecule has 2 rings (SSSR count). The number of carbonyl (C=O) groups is 1. The van der Waals surface area contributed by atoms with Crippen molar-refractivity contribution in [2.45, 2.75) is 53.1 Å². The minimum Gasteiger partial charge on any atom is -0.435 e. The van der Waals surface area contributed by atoms with E-state index in [1.807, 2.05) is 20.8 Å². The molecule has 114 valence electrons. The molecule has 1 amide bonds. The van der Waals surface area contributed by atoms with Gasteiger partial charge in [-0.1, -0.05) is 13.8 Å². The summed E-state index contributed by atoms with van der Waals surface area (Å²) in [5.74, 6) is 1.33. The predicted molar refractivity (Wildman–Crippen MR) is 76.8 cm³/mol. The van der Waals surface area contributed by atoms with Crippen molar-refractivity contribution in [3.8, 4) is 0 Å². The van der Waals surface area contributed by atoms with Gasteiger partial charge in [-0.05, 0) is 20.3 Å². The van der Waals surface area contributed by atoms with Crippen LogP contribution in [0.15, 0.2) is 10.7 Å². The van der Waals surface area contributed by atoms with Crippen LogP contribution in [-0.2, 0) is 13.0 Å². The van der Waals surface area contributed by atoms with Gasteiger partial charge in [-0.15, -0.1) is 0 Å². The van der Waals surface area contributed by atoms with Gasteiger partial charge in [-0.3, -0.25) is 4.79 Å². The molecule has 7 heteroatoms. The summed E-state index contributed by atoms with van der Waals surface area (Å²) in [6.45, 7) is 8.40. The van der Waals surface area contributed by atoms with E-state index >= 15 is 0 Å². The Kier molecular flexibility index (Phi) is 4.72. The summed E-state index contributed by atoms with van der Waals surface area (Å²) in [6.07, 6.45) is 2.89. The zero-order valence-corrected chi connectivity index (χ0v) is 12.9. The lowest BCUT2D eigenvalue weighted by atomic mass is 10.2.